The molecule has 21 heavy (non-hydrogen) atoms. The lowest BCUT2D eigenvalue weighted by Gasteiger charge is -2.08. The standard InChI is InChI=1S/C16H13FN2O2/c1-9-6-7-11(8-13(9)17)19-10(2)18-15-12(16(20)21)4-3-5-14(15)19/h3-8H,1-2H3,(H,20,21). The van der Waals surface area contributed by atoms with Crippen LogP contribution in [0.25, 0.3) is 16.7 Å². The molecule has 1 heterocycles. The number of aromatic carboxylic acids is 1. The minimum atomic E-state index is -1.03. The van der Waals surface area contributed by atoms with E-state index in [4.69, 9.17) is 0 Å². The summed E-state index contributed by atoms with van der Waals surface area (Å²) >= 11 is 0. The molecule has 1 N–H and O–H groups in total. The first-order valence-corrected chi connectivity index (χ1v) is 6.47. The lowest BCUT2D eigenvalue weighted by Crippen LogP contribution is -1.99. The highest BCUT2D eigenvalue weighted by molar-refractivity contribution is 6.01. The molecule has 3 aromatic rings. The Labute approximate surface area is 120 Å². The van der Waals surface area contributed by atoms with Gasteiger partial charge in [0, 0.05) is 0 Å². The average Bonchev–Trinajstić information content (AvgIpc) is 2.77. The number of nitrogens with zero attached hydrogens (tertiary/aromatic N) is 2. The number of carbonyl (C=O) groups is 1. The molecule has 0 amide bonds. The summed E-state index contributed by atoms with van der Waals surface area (Å²) in [5.74, 6) is -0.717. The van der Waals surface area contributed by atoms with Crippen LogP contribution in [0.15, 0.2) is 36.4 Å². The maximum Gasteiger partial charge on any atom is 0.337 e. The van der Waals surface area contributed by atoms with Crippen LogP contribution in [0.2, 0.25) is 0 Å². The molecule has 0 radical (unpaired) electrons. The van der Waals surface area contributed by atoms with E-state index in [-0.39, 0.29) is 11.4 Å². The van der Waals surface area contributed by atoms with Crippen LogP contribution in [0.5, 0.6) is 0 Å². The zero-order valence-corrected chi connectivity index (χ0v) is 11.6. The molecule has 0 spiro atoms. The van der Waals surface area contributed by atoms with Crippen molar-refractivity contribution >= 4 is 17.0 Å². The van der Waals surface area contributed by atoms with Gasteiger partial charge in [-0.25, -0.2) is 14.2 Å². The van der Waals surface area contributed by atoms with Gasteiger partial charge in [0.2, 0.25) is 0 Å². The van der Waals surface area contributed by atoms with Crippen molar-refractivity contribution < 1.29 is 14.3 Å². The molecule has 4 nitrogen and oxygen atoms in total. The third-order valence-corrected chi connectivity index (χ3v) is 3.50. The first-order valence-electron chi connectivity index (χ1n) is 6.47. The van der Waals surface area contributed by atoms with Crippen LogP contribution in [0.1, 0.15) is 21.7 Å². The Kier molecular flexibility index (Phi) is 2.97. The molecule has 0 saturated heterocycles. The van der Waals surface area contributed by atoms with Gasteiger partial charge in [0.25, 0.3) is 0 Å². The molecule has 1 aromatic heterocycles. The van der Waals surface area contributed by atoms with Crippen molar-refractivity contribution in [3.8, 4) is 5.69 Å². The van der Waals surface area contributed by atoms with Crippen molar-refractivity contribution in [3.05, 3.63) is 59.2 Å². The molecule has 0 saturated carbocycles. The molecule has 3 rings (SSSR count). The predicted molar refractivity (Wildman–Crippen MR) is 77.5 cm³/mol. The molecular weight excluding hydrogens is 271 g/mol. The molecule has 0 bridgehead atoms. The Morgan fingerprint density at radius 1 is 1.24 bits per heavy atom. The number of halogens is 1. The third kappa shape index (κ3) is 2.07. The van der Waals surface area contributed by atoms with Gasteiger partial charge in [-0.2, -0.15) is 0 Å². The van der Waals surface area contributed by atoms with E-state index in [2.05, 4.69) is 4.98 Å². The fourth-order valence-corrected chi connectivity index (χ4v) is 2.43. The SMILES string of the molecule is Cc1ccc(-n2c(C)nc3c(C(=O)O)cccc32)cc1F. The summed E-state index contributed by atoms with van der Waals surface area (Å²) in [7, 11) is 0. The van der Waals surface area contributed by atoms with E-state index in [1.807, 2.05) is 0 Å². The number of rotatable bonds is 2. The lowest BCUT2D eigenvalue weighted by atomic mass is 10.1. The van der Waals surface area contributed by atoms with E-state index in [1.165, 1.54) is 12.1 Å². The minimum Gasteiger partial charge on any atom is -0.478 e. The second-order valence-electron chi connectivity index (χ2n) is 4.91. The van der Waals surface area contributed by atoms with Gasteiger partial charge in [0.15, 0.2) is 0 Å². The van der Waals surface area contributed by atoms with Crippen LogP contribution in [0.3, 0.4) is 0 Å². The molecule has 0 fully saturated rings. The van der Waals surface area contributed by atoms with E-state index in [0.29, 0.717) is 28.1 Å². The summed E-state index contributed by atoms with van der Waals surface area (Å²) in [5.41, 5.74) is 2.38. The largest absolute Gasteiger partial charge is 0.478 e. The molecule has 0 aliphatic carbocycles. The molecule has 0 atom stereocenters. The number of carboxylic acids is 1. The monoisotopic (exact) mass is 284 g/mol. The van der Waals surface area contributed by atoms with Gasteiger partial charge < -0.3 is 5.11 Å². The summed E-state index contributed by atoms with van der Waals surface area (Å²) in [5, 5.41) is 9.22. The van der Waals surface area contributed by atoms with Gasteiger partial charge in [-0.3, -0.25) is 4.57 Å². The maximum atomic E-state index is 13.8. The van der Waals surface area contributed by atoms with E-state index in [1.54, 1.807) is 42.7 Å². The van der Waals surface area contributed by atoms with Gasteiger partial charge in [0.1, 0.15) is 17.2 Å². The first-order chi connectivity index (χ1) is 9.99. The Bertz CT molecular complexity index is 868. The predicted octanol–water partition coefficient (Wildman–Crippen LogP) is 3.48. The number of benzene rings is 2. The van der Waals surface area contributed by atoms with Gasteiger partial charge in [0.05, 0.1) is 16.8 Å². The number of hydrogen-bond donors (Lipinski definition) is 1. The van der Waals surface area contributed by atoms with Crippen LogP contribution in [-0.4, -0.2) is 20.6 Å². The number of aryl methyl sites for hydroxylation is 2. The summed E-state index contributed by atoms with van der Waals surface area (Å²) in [6.07, 6.45) is 0. The summed E-state index contributed by atoms with van der Waals surface area (Å²) in [6.45, 7) is 3.46. The Balaban J connectivity index is 2.32. The number of imidazole rings is 1. The maximum absolute atomic E-state index is 13.8. The van der Waals surface area contributed by atoms with Crippen molar-refractivity contribution in [3.63, 3.8) is 0 Å². The molecule has 0 unspecified atom stereocenters. The van der Waals surface area contributed by atoms with Crippen molar-refractivity contribution in [2.45, 2.75) is 13.8 Å². The highest BCUT2D eigenvalue weighted by atomic mass is 19.1. The van der Waals surface area contributed by atoms with Crippen LogP contribution >= 0.6 is 0 Å². The first kappa shape index (κ1) is 13.3. The molecule has 0 aliphatic rings. The number of carboxylic acid groups (broad SMARTS) is 1. The van der Waals surface area contributed by atoms with Crippen LogP contribution in [0, 0.1) is 19.7 Å². The topological polar surface area (TPSA) is 55.1 Å². The second kappa shape index (κ2) is 4.70. The summed E-state index contributed by atoms with van der Waals surface area (Å²) in [4.78, 5) is 15.6. The highest BCUT2D eigenvalue weighted by Gasteiger charge is 2.16. The van der Waals surface area contributed by atoms with Crippen molar-refractivity contribution in [2.24, 2.45) is 0 Å². The minimum absolute atomic E-state index is 0.141. The molecule has 2 aromatic carbocycles. The van der Waals surface area contributed by atoms with Crippen molar-refractivity contribution in [1.82, 2.24) is 9.55 Å². The molecular formula is C16H13FN2O2. The fourth-order valence-electron chi connectivity index (χ4n) is 2.43. The van der Waals surface area contributed by atoms with Crippen LogP contribution in [-0.2, 0) is 0 Å². The van der Waals surface area contributed by atoms with Crippen molar-refractivity contribution in [1.29, 1.82) is 0 Å². The van der Waals surface area contributed by atoms with Crippen molar-refractivity contribution in [2.75, 3.05) is 0 Å². The van der Waals surface area contributed by atoms with Gasteiger partial charge in [-0.15, -0.1) is 0 Å². The van der Waals surface area contributed by atoms with Gasteiger partial charge >= 0.3 is 5.97 Å². The Morgan fingerprint density at radius 2 is 2.00 bits per heavy atom. The van der Waals surface area contributed by atoms with Gasteiger partial charge in [-0.1, -0.05) is 12.1 Å². The average molecular weight is 284 g/mol. The zero-order chi connectivity index (χ0) is 15.1. The van der Waals surface area contributed by atoms with Crippen LogP contribution < -0.4 is 0 Å². The number of para-hydroxylation sites is 1. The second-order valence-corrected chi connectivity index (χ2v) is 4.91. The fraction of sp³-hybridized carbons (Fsp3) is 0.125. The summed E-state index contributed by atoms with van der Waals surface area (Å²) in [6, 6.07) is 9.86. The summed E-state index contributed by atoms with van der Waals surface area (Å²) < 4.78 is 15.5. The third-order valence-electron chi connectivity index (χ3n) is 3.50. The van der Waals surface area contributed by atoms with Crippen LogP contribution in [0.4, 0.5) is 4.39 Å². The normalized spacial score (nSPS) is 11.0. The molecule has 0 aliphatic heterocycles. The van der Waals surface area contributed by atoms with E-state index in [0.717, 1.165) is 0 Å². The van der Waals surface area contributed by atoms with Gasteiger partial charge in [-0.05, 0) is 43.7 Å². The zero-order valence-electron chi connectivity index (χ0n) is 11.6. The Morgan fingerprint density at radius 3 is 2.67 bits per heavy atom. The smallest absolute Gasteiger partial charge is 0.337 e. The molecule has 5 heteroatoms. The molecule has 106 valence electrons. The Hall–Kier alpha value is -2.69. The number of hydrogen-bond acceptors (Lipinski definition) is 2. The number of aromatic nitrogens is 2. The lowest BCUT2D eigenvalue weighted by molar-refractivity contribution is 0.0699. The quantitative estimate of drug-likeness (QED) is 0.783. The van der Waals surface area contributed by atoms with E-state index < -0.39 is 5.97 Å². The van der Waals surface area contributed by atoms with E-state index >= 15 is 0 Å². The number of fused-ring (bicyclic) bond motifs is 1. The van der Waals surface area contributed by atoms with E-state index in [9.17, 15) is 14.3 Å². The highest BCUT2D eigenvalue weighted by Crippen LogP contribution is 2.25.